The van der Waals surface area contributed by atoms with E-state index in [0.717, 1.165) is 11.1 Å². The van der Waals surface area contributed by atoms with E-state index in [0.29, 0.717) is 45.7 Å². The van der Waals surface area contributed by atoms with Crippen LogP contribution in [0, 0.1) is 0 Å². The van der Waals surface area contributed by atoms with Gasteiger partial charge in [-0.1, -0.05) is 12.1 Å². The van der Waals surface area contributed by atoms with Crippen molar-refractivity contribution < 1.29 is 24.2 Å². The normalized spacial score (nSPS) is 16.0. The van der Waals surface area contributed by atoms with Gasteiger partial charge in [-0.15, -0.1) is 0 Å². The number of amides is 1. The molecule has 33 heavy (non-hydrogen) atoms. The van der Waals surface area contributed by atoms with Crippen molar-refractivity contribution >= 4 is 50.8 Å². The standard InChI is InChI=1S/C24H25BrN2O5S/c1-4-26-24-27(5-2)22(28)20(33-24)13-16-11-18(25)21(19(12-16)31-6-3)32-14-15-8-7-9-17(10-15)23(29)30/h7-13H,4-6,14H2,1-3H3,(H,29,30)/b20-13+,26-24?. The van der Waals surface area contributed by atoms with Crippen molar-refractivity contribution in [2.24, 2.45) is 4.99 Å². The molecule has 174 valence electrons. The number of carbonyl (C=O) groups excluding carboxylic acids is 1. The number of ether oxygens (including phenoxy) is 2. The average Bonchev–Trinajstić information content (AvgIpc) is 3.07. The Labute approximate surface area is 205 Å². The van der Waals surface area contributed by atoms with Crippen LogP contribution < -0.4 is 9.47 Å². The van der Waals surface area contributed by atoms with Crippen LogP contribution in [0.3, 0.4) is 0 Å². The Morgan fingerprint density at radius 2 is 2.00 bits per heavy atom. The summed E-state index contributed by atoms with van der Waals surface area (Å²) in [6.07, 6.45) is 1.82. The lowest BCUT2D eigenvalue weighted by Gasteiger charge is -2.15. The molecule has 3 rings (SSSR count). The highest BCUT2D eigenvalue weighted by Gasteiger charge is 2.32. The van der Waals surface area contributed by atoms with Crippen LogP contribution in [0.4, 0.5) is 0 Å². The molecule has 1 saturated heterocycles. The molecule has 7 nitrogen and oxygen atoms in total. The number of carbonyl (C=O) groups is 2. The van der Waals surface area contributed by atoms with E-state index in [1.807, 2.05) is 39.0 Å². The molecule has 2 aromatic carbocycles. The molecular formula is C24H25BrN2O5S. The summed E-state index contributed by atoms with van der Waals surface area (Å²) in [5.41, 5.74) is 1.72. The van der Waals surface area contributed by atoms with Crippen LogP contribution in [0.15, 0.2) is 50.8 Å². The molecule has 1 aliphatic heterocycles. The van der Waals surface area contributed by atoms with Crippen molar-refractivity contribution in [1.82, 2.24) is 4.90 Å². The minimum absolute atomic E-state index is 0.0672. The van der Waals surface area contributed by atoms with E-state index < -0.39 is 5.97 Å². The van der Waals surface area contributed by atoms with Gasteiger partial charge >= 0.3 is 5.97 Å². The fraction of sp³-hybridized carbons (Fsp3) is 0.292. The second-order valence-corrected chi connectivity index (χ2v) is 8.84. The summed E-state index contributed by atoms with van der Waals surface area (Å²) in [6, 6.07) is 10.3. The van der Waals surface area contributed by atoms with Crippen LogP contribution in [-0.4, -0.2) is 46.7 Å². The predicted octanol–water partition coefficient (Wildman–Crippen LogP) is 5.44. The second kappa shape index (κ2) is 11.4. The first-order valence-corrected chi connectivity index (χ1v) is 12.2. The number of aliphatic imine (C=N–C) groups is 1. The summed E-state index contributed by atoms with van der Waals surface area (Å²) in [6.45, 7) is 7.53. The van der Waals surface area contributed by atoms with E-state index in [9.17, 15) is 14.7 Å². The Balaban J connectivity index is 1.88. The number of amidine groups is 1. The molecule has 0 unspecified atom stereocenters. The maximum Gasteiger partial charge on any atom is 0.335 e. The number of thioether (sulfide) groups is 1. The number of halogens is 1. The fourth-order valence-corrected chi connectivity index (χ4v) is 4.89. The molecule has 0 aliphatic carbocycles. The molecule has 0 spiro atoms. The maximum atomic E-state index is 12.8. The molecule has 1 aliphatic rings. The molecule has 0 radical (unpaired) electrons. The molecule has 1 heterocycles. The molecule has 1 N–H and O–H groups in total. The molecule has 0 saturated carbocycles. The highest BCUT2D eigenvalue weighted by Crippen LogP contribution is 2.39. The van der Waals surface area contributed by atoms with Crippen molar-refractivity contribution in [2.75, 3.05) is 19.7 Å². The van der Waals surface area contributed by atoms with Gasteiger partial charge in [-0.2, -0.15) is 0 Å². The topological polar surface area (TPSA) is 88.4 Å². The van der Waals surface area contributed by atoms with E-state index in [-0.39, 0.29) is 18.1 Å². The Hall–Kier alpha value is -2.78. The maximum absolute atomic E-state index is 12.8. The van der Waals surface area contributed by atoms with Crippen molar-refractivity contribution in [3.05, 3.63) is 62.5 Å². The highest BCUT2D eigenvalue weighted by atomic mass is 79.9. The number of rotatable bonds is 9. The van der Waals surface area contributed by atoms with Gasteiger partial charge < -0.3 is 14.6 Å². The fourth-order valence-electron chi connectivity index (χ4n) is 3.22. The molecule has 1 fully saturated rings. The van der Waals surface area contributed by atoms with E-state index in [1.165, 1.54) is 17.8 Å². The number of benzene rings is 2. The number of carboxylic acid groups (broad SMARTS) is 1. The minimum Gasteiger partial charge on any atom is -0.490 e. The summed E-state index contributed by atoms with van der Waals surface area (Å²) in [5.74, 6) is -0.0205. The van der Waals surface area contributed by atoms with Crippen LogP contribution in [0.5, 0.6) is 11.5 Å². The summed E-state index contributed by atoms with van der Waals surface area (Å²) in [4.78, 5) is 30.7. The summed E-state index contributed by atoms with van der Waals surface area (Å²) in [5, 5.41) is 9.90. The lowest BCUT2D eigenvalue weighted by molar-refractivity contribution is -0.122. The Morgan fingerprint density at radius 1 is 1.21 bits per heavy atom. The first kappa shape index (κ1) is 24.9. The van der Waals surface area contributed by atoms with E-state index in [4.69, 9.17) is 9.47 Å². The van der Waals surface area contributed by atoms with Gasteiger partial charge in [0.15, 0.2) is 16.7 Å². The Morgan fingerprint density at radius 3 is 2.67 bits per heavy atom. The van der Waals surface area contributed by atoms with Crippen molar-refractivity contribution in [3.63, 3.8) is 0 Å². The van der Waals surface area contributed by atoms with Crippen molar-refractivity contribution in [3.8, 4) is 11.5 Å². The van der Waals surface area contributed by atoms with Gasteiger partial charge in [0.05, 0.1) is 21.5 Å². The molecule has 0 bridgehead atoms. The van der Waals surface area contributed by atoms with Gasteiger partial charge in [0.1, 0.15) is 6.61 Å². The van der Waals surface area contributed by atoms with E-state index in [2.05, 4.69) is 20.9 Å². The van der Waals surface area contributed by atoms with Crippen LogP contribution in [-0.2, 0) is 11.4 Å². The lowest BCUT2D eigenvalue weighted by atomic mass is 10.1. The Bertz CT molecular complexity index is 1120. The number of hydrogen-bond acceptors (Lipinski definition) is 6. The average molecular weight is 533 g/mol. The Kier molecular flexibility index (Phi) is 8.57. The van der Waals surface area contributed by atoms with Gasteiger partial charge in [0.2, 0.25) is 0 Å². The lowest BCUT2D eigenvalue weighted by Crippen LogP contribution is -2.28. The van der Waals surface area contributed by atoms with Gasteiger partial charge in [-0.3, -0.25) is 14.7 Å². The smallest absolute Gasteiger partial charge is 0.335 e. The first-order valence-electron chi connectivity index (χ1n) is 10.5. The van der Waals surface area contributed by atoms with E-state index in [1.54, 1.807) is 23.1 Å². The van der Waals surface area contributed by atoms with Crippen LogP contribution in [0.2, 0.25) is 0 Å². The van der Waals surface area contributed by atoms with Gasteiger partial charge in [-0.25, -0.2) is 4.79 Å². The summed E-state index contributed by atoms with van der Waals surface area (Å²) in [7, 11) is 0. The SMILES string of the molecule is CCN=C1S/C(=C/c2cc(Br)c(OCc3cccc(C(=O)O)c3)c(OCC)c2)C(=O)N1CC. The first-order chi connectivity index (χ1) is 15.9. The largest absolute Gasteiger partial charge is 0.490 e. The van der Waals surface area contributed by atoms with E-state index >= 15 is 0 Å². The molecule has 2 aromatic rings. The van der Waals surface area contributed by atoms with Gasteiger partial charge in [0.25, 0.3) is 5.91 Å². The van der Waals surface area contributed by atoms with Crippen LogP contribution in [0.1, 0.15) is 42.3 Å². The third-order valence-electron chi connectivity index (χ3n) is 4.68. The number of carboxylic acids is 1. The number of hydrogen-bond donors (Lipinski definition) is 1. The number of aromatic carboxylic acids is 1. The molecule has 0 atom stereocenters. The zero-order valence-electron chi connectivity index (χ0n) is 18.6. The molecular weight excluding hydrogens is 508 g/mol. The van der Waals surface area contributed by atoms with Crippen molar-refractivity contribution in [1.29, 1.82) is 0 Å². The van der Waals surface area contributed by atoms with Gasteiger partial charge in [-0.05, 0) is 89.9 Å². The third-order valence-corrected chi connectivity index (χ3v) is 6.32. The zero-order valence-corrected chi connectivity index (χ0v) is 21.0. The summed E-state index contributed by atoms with van der Waals surface area (Å²) < 4.78 is 12.5. The van der Waals surface area contributed by atoms with Crippen LogP contribution >= 0.6 is 27.7 Å². The predicted molar refractivity (Wildman–Crippen MR) is 134 cm³/mol. The van der Waals surface area contributed by atoms with Crippen molar-refractivity contribution in [2.45, 2.75) is 27.4 Å². The second-order valence-electron chi connectivity index (χ2n) is 6.97. The molecule has 0 aromatic heterocycles. The number of nitrogens with zero attached hydrogens (tertiary/aromatic N) is 2. The summed E-state index contributed by atoms with van der Waals surface area (Å²) >= 11 is 4.92. The van der Waals surface area contributed by atoms with Crippen LogP contribution in [0.25, 0.3) is 6.08 Å². The monoisotopic (exact) mass is 532 g/mol. The van der Waals surface area contributed by atoms with Gasteiger partial charge in [0, 0.05) is 13.1 Å². The number of likely N-dealkylation sites (N-methyl/N-ethyl adjacent to an activating group) is 1. The molecule has 9 heteroatoms. The third kappa shape index (κ3) is 5.97. The zero-order chi connectivity index (χ0) is 24.0. The molecule has 1 amide bonds. The minimum atomic E-state index is -0.987. The quantitative estimate of drug-likeness (QED) is 0.432. The highest BCUT2D eigenvalue weighted by molar-refractivity contribution is 9.10.